The van der Waals surface area contributed by atoms with E-state index in [2.05, 4.69) is 15.9 Å². The number of ether oxygens (including phenoxy) is 1. The first-order chi connectivity index (χ1) is 9.20. The van der Waals surface area contributed by atoms with Crippen LogP contribution < -0.4 is 4.74 Å². The van der Waals surface area contributed by atoms with Gasteiger partial charge >= 0.3 is 0 Å². The van der Waals surface area contributed by atoms with E-state index in [1.807, 2.05) is 49.4 Å². The first kappa shape index (κ1) is 13.8. The molecule has 0 aliphatic heterocycles. The molecule has 0 N–H and O–H groups in total. The Bertz CT molecular complexity index is 534. The molecule has 0 aliphatic rings. The highest BCUT2D eigenvalue weighted by molar-refractivity contribution is 9.09. The summed E-state index contributed by atoms with van der Waals surface area (Å²) in [5, 5.41) is -0.193. The molecule has 0 heterocycles. The highest BCUT2D eigenvalue weighted by Gasteiger charge is 2.09. The normalized spacial score (nSPS) is 11.9. The van der Waals surface area contributed by atoms with E-state index >= 15 is 0 Å². The highest BCUT2D eigenvalue weighted by Crippen LogP contribution is 2.27. The van der Waals surface area contributed by atoms with Crippen molar-refractivity contribution in [2.24, 2.45) is 0 Å². The average Bonchev–Trinajstić information content (AvgIpc) is 2.48. The van der Waals surface area contributed by atoms with Crippen LogP contribution in [0.25, 0.3) is 0 Å². The zero-order chi connectivity index (χ0) is 13.7. The highest BCUT2D eigenvalue weighted by atomic mass is 79.9. The predicted molar refractivity (Wildman–Crippen MR) is 79.8 cm³/mol. The van der Waals surface area contributed by atoms with Gasteiger partial charge in [0.1, 0.15) is 5.75 Å². The van der Waals surface area contributed by atoms with Crippen LogP contribution in [0, 0.1) is 0 Å². The minimum absolute atomic E-state index is 0.144. The van der Waals surface area contributed by atoms with Gasteiger partial charge in [0.15, 0.2) is 10.8 Å². The third-order valence-electron chi connectivity index (χ3n) is 2.80. The lowest BCUT2D eigenvalue weighted by Crippen LogP contribution is -2.00. The first-order valence-electron chi connectivity index (χ1n) is 6.19. The van der Waals surface area contributed by atoms with Crippen LogP contribution in [-0.4, -0.2) is 5.78 Å². The minimum atomic E-state index is -0.193. The number of carbonyl (C=O) groups is 1. The van der Waals surface area contributed by atoms with Crippen LogP contribution in [-0.2, 0) is 0 Å². The quantitative estimate of drug-likeness (QED) is 0.587. The van der Waals surface area contributed by atoms with Crippen molar-refractivity contribution in [2.75, 3.05) is 0 Å². The molecule has 0 aliphatic carbocycles. The molecule has 1 atom stereocenters. The molecule has 98 valence electrons. The second-order valence-electron chi connectivity index (χ2n) is 4.15. The van der Waals surface area contributed by atoms with Crippen LogP contribution in [0.4, 0.5) is 0 Å². The molecule has 0 fully saturated rings. The lowest BCUT2D eigenvalue weighted by Gasteiger charge is -2.13. The predicted octanol–water partition coefficient (Wildman–Crippen LogP) is 4.75. The average molecular weight is 319 g/mol. The van der Waals surface area contributed by atoms with Gasteiger partial charge in [-0.15, -0.1) is 0 Å². The topological polar surface area (TPSA) is 26.3 Å². The number of ketones is 1. The molecule has 0 bridgehead atoms. The molecule has 3 heteroatoms. The van der Waals surface area contributed by atoms with Crippen molar-refractivity contribution < 1.29 is 9.53 Å². The Morgan fingerprint density at radius 1 is 1.11 bits per heavy atom. The number of carbonyl (C=O) groups excluding carboxylic acids is 1. The fourth-order valence-corrected chi connectivity index (χ4v) is 2.24. The molecule has 0 radical (unpaired) electrons. The van der Waals surface area contributed by atoms with E-state index in [0.29, 0.717) is 6.42 Å². The van der Waals surface area contributed by atoms with E-state index in [1.165, 1.54) is 0 Å². The van der Waals surface area contributed by atoms with Gasteiger partial charge in [-0.3, -0.25) is 4.79 Å². The van der Waals surface area contributed by atoms with Crippen molar-refractivity contribution in [2.45, 2.75) is 18.4 Å². The minimum Gasteiger partial charge on any atom is -0.474 e. The lowest BCUT2D eigenvalue weighted by molar-refractivity contribution is 0.0988. The summed E-state index contributed by atoms with van der Waals surface area (Å²) < 4.78 is 5.77. The Morgan fingerprint density at radius 2 is 1.74 bits per heavy atom. The number of hydrogen-bond acceptors (Lipinski definition) is 2. The van der Waals surface area contributed by atoms with Crippen molar-refractivity contribution in [3.05, 3.63) is 65.7 Å². The first-order valence-corrected chi connectivity index (χ1v) is 7.11. The summed E-state index contributed by atoms with van der Waals surface area (Å²) in [5.41, 5.74) is 1.77. The SMILES string of the molecule is CCC(=O)c1ccc(OC(Br)c2ccccc2)cc1. The molecule has 0 spiro atoms. The maximum Gasteiger partial charge on any atom is 0.178 e. The Labute approximate surface area is 121 Å². The van der Waals surface area contributed by atoms with E-state index in [9.17, 15) is 4.79 Å². The third kappa shape index (κ3) is 3.67. The van der Waals surface area contributed by atoms with Crippen molar-refractivity contribution in [3.8, 4) is 5.75 Å². The summed E-state index contributed by atoms with van der Waals surface area (Å²) in [6.45, 7) is 1.86. The summed E-state index contributed by atoms with van der Waals surface area (Å²) in [6.07, 6.45) is 0.519. The van der Waals surface area contributed by atoms with Gasteiger partial charge in [0.05, 0.1) is 0 Å². The lowest BCUT2D eigenvalue weighted by atomic mass is 10.1. The van der Waals surface area contributed by atoms with Crippen molar-refractivity contribution in [1.82, 2.24) is 0 Å². The largest absolute Gasteiger partial charge is 0.474 e. The van der Waals surface area contributed by atoms with E-state index in [0.717, 1.165) is 16.9 Å². The number of alkyl halides is 1. The van der Waals surface area contributed by atoms with Crippen LogP contribution in [0.5, 0.6) is 5.75 Å². The van der Waals surface area contributed by atoms with Gasteiger partial charge in [-0.2, -0.15) is 0 Å². The number of halogens is 1. The molecular weight excluding hydrogens is 304 g/mol. The maximum atomic E-state index is 11.5. The van der Waals surface area contributed by atoms with Crippen molar-refractivity contribution in [1.29, 1.82) is 0 Å². The van der Waals surface area contributed by atoms with E-state index in [1.54, 1.807) is 12.1 Å². The molecule has 2 rings (SSSR count). The van der Waals surface area contributed by atoms with Gasteiger partial charge in [-0.25, -0.2) is 0 Å². The summed E-state index contributed by atoms with van der Waals surface area (Å²) >= 11 is 3.49. The molecule has 0 saturated carbocycles. The summed E-state index contributed by atoms with van der Waals surface area (Å²) in [4.78, 5) is 11.5. The van der Waals surface area contributed by atoms with Crippen LogP contribution in [0.2, 0.25) is 0 Å². The molecule has 0 amide bonds. The summed E-state index contributed by atoms with van der Waals surface area (Å²) in [7, 11) is 0. The monoisotopic (exact) mass is 318 g/mol. The standard InChI is InChI=1S/C16H15BrO2/c1-2-15(18)12-8-10-14(11-9-12)19-16(17)13-6-4-3-5-7-13/h3-11,16H,2H2,1H3. The third-order valence-corrected chi connectivity index (χ3v) is 3.51. The van der Waals surface area contributed by atoms with E-state index < -0.39 is 0 Å². The summed E-state index contributed by atoms with van der Waals surface area (Å²) in [6, 6.07) is 17.1. The second-order valence-corrected chi connectivity index (χ2v) is 4.98. The number of Topliss-reactive ketones (excluding diaryl/α,β-unsaturated/α-hetero) is 1. The Hall–Kier alpha value is -1.61. The van der Waals surface area contributed by atoms with Gasteiger partial charge in [0.2, 0.25) is 0 Å². The van der Waals surface area contributed by atoms with E-state index in [-0.39, 0.29) is 10.8 Å². The van der Waals surface area contributed by atoms with Crippen LogP contribution >= 0.6 is 15.9 Å². The molecule has 2 aromatic carbocycles. The van der Waals surface area contributed by atoms with Gasteiger partial charge < -0.3 is 4.74 Å². The van der Waals surface area contributed by atoms with E-state index in [4.69, 9.17) is 4.74 Å². The van der Waals surface area contributed by atoms with Crippen molar-refractivity contribution in [3.63, 3.8) is 0 Å². The Morgan fingerprint density at radius 3 is 2.32 bits per heavy atom. The fraction of sp³-hybridized carbons (Fsp3) is 0.188. The molecule has 0 aromatic heterocycles. The maximum absolute atomic E-state index is 11.5. The van der Waals surface area contributed by atoms with Gasteiger partial charge in [-0.05, 0) is 40.2 Å². The van der Waals surface area contributed by atoms with Gasteiger partial charge in [0.25, 0.3) is 0 Å². The van der Waals surface area contributed by atoms with Crippen LogP contribution in [0.15, 0.2) is 54.6 Å². The fourth-order valence-electron chi connectivity index (χ4n) is 1.72. The number of benzene rings is 2. The van der Waals surface area contributed by atoms with Gasteiger partial charge in [0, 0.05) is 17.5 Å². The Kier molecular flexibility index (Phi) is 4.74. The zero-order valence-corrected chi connectivity index (χ0v) is 12.3. The molecule has 0 saturated heterocycles. The Balaban J connectivity index is 2.06. The second kappa shape index (κ2) is 6.53. The molecule has 1 unspecified atom stereocenters. The molecule has 19 heavy (non-hydrogen) atoms. The van der Waals surface area contributed by atoms with Crippen molar-refractivity contribution >= 4 is 21.7 Å². The summed E-state index contributed by atoms with van der Waals surface area (Å²) in [5.74, 6) is 0.878. The molecule has 2 nitrogen and oxygen atoms in total. The van der Waals surface area contributed by atoms with Gasteiger partial charge in [-0.1, -0.05) is 37.3 Å². The molecular formula is C16H15BrO2. The zero-order valence-electron chi connectivity index (χ0n) is 10.7. The number of hydrogen-bond donors (Lipinski definition) is 0. The van der Waals surface area contributed by atoms with Crippen LogP contribution in [0.1, 0.15) is 34.3 Å². The smallest absolute Gasteiger partial charge is 0.178 e. The van der Waals surface area contributed by atoms with Crippen LogP contribution in [0.3, 0.4) is 0 Å². The number of rotatable bonds is 5. The molecule has 2 aromatic rings.